The van der Waals surface area contributed by atoms with Gasteiger partial charge in [-0.05, 0) is 42.5 Å². The van der Waals surface area contributed by atoms with Crippen LogP contribution in [-0.4, -0.2) is 31.3 Å². The summed E-state index contributed by atoms with van der Waals surface area (Å²) in [6, 6.07) is 11.9. The molecule has 0 radical (unpaired) electrons. The molecule has 0 spiro atoms. The van der Waals surface area contributed by atoms with Crippen LogP contribution >= 0.6 is 0 Å². The van der Waals surface area contributed by atoms with E-state index in [9.17, 15) is 9.59 Å². The van der Waals surface area contributed by atoms with Gasteiger partial charge in [0.15, 0.2) is 5.69 Å². The molecule has 0 saturated heterocycles. The first kappa shape index (κ1) is 14.6. The summed E-state index contributed by atoms with van der Waals surface area (Å²) in [6.07, 6.45) is 3.37. The summed E-state index contributed by atoms with van der Waals surface area (Å²) < 4.78 is 3.20. The zero-order valence-electron chi connectivity index (χ0n) is 12.3. The van der Waals surface area contributed by atoms with Gasteiger partial charge in [-0.25, -0.2) is 9.48 Å². The summed E-state index contributed by atoms with van der Waals surface area (Å²) in [5, 5.41) is 15.6. The van der Waals surface area contributed by atoms with Crippen molar-refractivity contribution < 1.29 is 14.7 Å². The van der Waals surface area contributed by atoms with Gasteiger partial charge in [0, 0.05) is 25.1 Å². The third-order valence-corrected chi connectivity index (χ3v) is 3.37. The van der Waals surface area contributed by atoms with Crippen LogP contribution in [0.2, 0.25) is 0 Å². The maximum absolute atomic E-state index is 12.1. The topological polar surface area (TPSA) is 89.2 Å². The number of carbonyl (C=O) groups is 2. The summed E-state index contributed by atoms with van der Waals surface area (Å²) in [6.45, 7) is 0. The molecule has 0 aliphatic carbocycles. The third kappa shape index (κ3) is 2.98. The molecule has 23 heavy (non-hydrogen) atoms. The van der Waals surface area contributed by atoms with Crippen LogP contribution in [0.3, 0.4) is 0 Å². The second-order valence-electron chi connectivity index (χ2n) is 4.96. The van der Waals surface area contributed by atoms with Crippen LogP contribution in [0.25, 0.3) is 5.69 Å². The molecule has 0 fully saturated rings. The highest BCUT2D eigenvalue weighted by Gasteiger charge is 2.10. The zero-order chi connectivity index (χ0) is 16.4. The number of hydrogen-bond acceptors (Lipinski definition) is 3. The highest BCUT2D eigenvalue weighted by atomic mass is 16.4. The van der Waals surface area contributed by atoms with Gasteiger partial charge in [0.25, 0.3) is 5.91 Å². The fourth-order valence-corrected chi connectivity index (χ4v) is 2.17. The first-order valence-corrected chi connectivity index (χ1v) is 6.87. The molecule has 3 aromatic rings. The van der Waals surface area contributed by atoms with Gasteiger partial charge in [-0.15, -0.1) is 0 Å². The van der Waals surface area contributed by atoms with Gasteiger partial charge in [-0.3, -0.25) is 4.79 Å². The van der Waals surface area contributed by atoms with Gasteiger partial charge in [0.2, 0.25) is 0 Å². The van der Waals surface area contributed by atoms with E-state index >= 15 is 0 Å². The highest BCUT2D eigenvalue weighted by molar-refractivity contribution is 6.03. The van der Waals surface area contributed by atoms with Gasteiger partial charge in [0.05, 0.1) is 5.69 Å². The van der Waals surface area contributed by atoms with Crippen LogP contribution in [0.5, 0.6) is 0 Å². The van der Waals surface area contributed by atoms with E-state index in [-0.39, 0.29) is 11.6 Å². The molecule has 2 heterocycles. The summed E-state index contributed by atoms with van der Waals surface area (Å²) in [5.41, 5.74) is 1.89. The molecule has 1 aromatic carbocycles. The van der Waals surface area contributed by atoms with Gasteiger partial charge < -0.3 is 15.0 Å². The molecule has 116 valence electrons. The lowest BCUT2D eigenvalue weighted by atomic mass is 10.2. The van der Waals surface area contributed by atoms with Crippen molar-refractivity contribution in [2.24, 2.45) is 7.05 Å². The van der Waals surface area contributed by atoms with Crippen LogP contribution < -0.4 is 5.32 Å². The molecule has 0 saturated carbocycles. The standard InChI is InChI=1S/C16H14N4O3/c1-19-9-2-3-14(19)15(21)17-11-4-6-12(7-5-11)20-10-8-13(18-20)16(22)23/h2-10H,1H3,(H,17,21)(H,22,23). The van der Waals surface area contributed by atoms with Crippen LogP contribution in [0.15, 0.2) is 54.9 Å². The van der Waals surface area contributed by atoms with E-state index in [1.54, 1.807) is 60.4 Å². The Bertz CT molecular complexity index is 862. The molecule has 0 atom stereocenters. The monoisotopic (exact) mass is 310 g/mol. The van der Waals surface area contributed by atoms with Crippen molar-refractivity contribution in [1.29, 1.82) is 0 Å². The second-order valence-corrected chi connectivity index (χ2v) is 4.96. The van der Waals surface area contributed by atoms with E-state index < -0.39 is 5.97 Å². The minimum absolute atomic E-state index is 0.0221. The van der Waals surface area contributed by atoms with Crippen molar-refractivity contribution >= 4 is 17.6 Å². The minimum Gasteiger partial charge on any atom is -0.476 e. The number of nitrogens with zero attached hydrogens (tertiary/aromatic N) is 3. The van der Waals surface area contributed by atoms with Crippen molar-refractivity contribution in [3.63, 3.8) is 0 Å². The molecular formula is C16H14N4O3. The molecule has 1 amide bonds. The maximum atomic E-state index is 12.1. The number of carbonyl (C=O) groups excluding carboxylic acids is 1. The van der Waals surface area contributed by atoms with Crippen molar-refractivity contribution in [2.45, 2.75) is 0 Å². The van der Waals surface area contributed by atoms with Gasteiger partial charge in [-0.2, -0.15) is 5.10 Å². The highest BCUT2D eigenvalue weighted by Crippen LogP contribution is 2.14. The molecule has 0 aliphatic rings. The molecular weight excluding hydrogens is 296 g/mol. The Balaban J connectivity index is 1.75. The lowest BCUT2D eigenvalue weighted by molar-refractivity contribution is 0.0689. The molecule has 0 aliphatic heterocycles. The van der Waals surface area contributed by atoms with Crippen LogP contribution in [0.4, 0.5) is 5.69 Å². The lowest BCUT2D eigenvalue weighted by Crippen LogP contribution is -2.15. The van der Waals surface area contributed by atoms with Crippen LogP contribution in [0.1, 0.15) is 21.0 Å². The number of carboxylic acid groups (broad SMARTS) is 1. The average molecular weight is 310 g/mol. The van der Waals surface area contributed by atoms with Crippen LogP contribution in [0, 0.1) is 0 Å². The normalized spacial score (nSPS) is 10.5. The Morgan fingerprint density at radius 3 is 2.39 bits per heavy atom. The predicted molar refractivity (Wildman–Crippen MR) is 83.9 cm³/mol. The number of anilines is 1. The molecule has 0 unspecified atom stereocenters. The summed E-state index contributed by atoms with van der Waals surface area (Å²) in [4.78, 5) is 23.0. The van der Waals surface area contributed by atoms with E-state index in [1.165, 1.54) is 10.7 Å². The Hall–Kier alpha value is -3.35. The first-order chi connectivity index (χ1) is 11.0. The van der Waals surface area contributed by atoms with Crippen molar-refractivity contribution in [3.05, 3.63) is 66.2 Å². The molecule has 3 rings (SSSR count). The number of hydrogen-bond donors (Lipinski definition) is 2. The van der Waals surface area contributed by atoms with Crippen molar-refractivity contribution in [2.75, 3.05) is 5.32 Å². The Labute approximate surface area is 131 Å². The van der Waals surface area contributed by atoms with E-state index in [1.807, 2.05) is 0 Å². The predicted octanol–water partition coefficient (Wildman–Crippen LogP) is 2.16. The molecule has 2 N–H and O–H groups in total. The van der Waals surface area contributed by atoms with Gasteiger partial charge in [-0.1, -0.05) is 0 Å². The minimum atomic E-state index is -1.07. The quantitative estimate of drug-likeness (QED) is 0.773. The fourth-order valence-electron chi connectivity index (χ4n) is 2.17. The fraction of sp³-hybridized carbons (Fsp3) is 0.0625. The molecule has 2 aromatic heterocycles. The first-order valence-electron chi connectivity index (χ1n) is 6.87. The summed E-state index contributed by atoms with van der Waals surface area (Å²) in [5.74, 6) is -1.27. The Kier molecular flexibility index (Phi) is 3.68. The number of nitrogens with one attached hydrogen (secondary N) is 1. The van der Waals surface area contributed by atoms with E-state index in [0.717, 1.165) is 0 Å². The smallest absolute Gasteiger partial charge is 0.356 e. The number of rotatable bonds is 4. The number of aromatic nitrogens is 3. The van der Waals surface area contributed by atoms with E-state index in [4.69, 9.17) is 5.11 Å². The maximum Gasteiger partial charge on any atom is 0.356 e. The second kappa shape index (κ2) is 5.80. The summed E-state index contributed by atoms with van der Waals surface area (Å²) in [7, 11) is 1.80. The average Bonchev–Trinajstić information content (AvgIpc) is 3.17. The zero-order valence-corrected chi connectivity index (χ0v) is 12.3. The lowest BCUT2D eigenvalue weighted by Gasteiger charge is -2.07. The number of aryl methyl sites for hydroxylation is 1. The molecule has 0 bridgehead atoms. The molecule has 7 heteroatoms. The van der Waals surface area contributed by atoms with Gasteiger partial charge in [0.1, 0.15) is 5.69 Å². The SMILES string of the molecule is Cn1cccc1C(=O)Nc1ccc(-n2ccc(C(=O)O)n2)cc1. The van der Waals surface area contributed by atoms with Crippen molar-refractivity contribution in [3.8, 4) is 5.69 Å². The molecule has 7 nitrogen and oxygen atoms in total. The number of benzene rings is 1. The number of aromatic carboxylic acids is 1. The summed E-state index contributed by atoms with van der Waals surface area (Å²) >= 11 is 0. The van der Waals surface area contributed by atoms with E-state index in [2.05, 4.69) is 10.4 Å². The van der Waals surface area contributed by atoms with Gasteiger partial charge >= 0.3 is 5.97 Å². The van der Waals surface area contributed by atoms with Crippen LogP contribution in [-0.2, 0) is 7.05 Å². The number of amides is 1. The Morgan fingerprint density at radius 2 is 1.83 bits per heavy atom. The largest absolute Gasteiger partial charge is 0.476 e. The van der Waals surface area contributed by atoms with E-state index in [0.29, 0.717) is 17.1 Å². The van der Waals surface area contributed by atoms with Crippen molar-refractivity contribution in [1.82, 2.24) is 14.3 Å². The third-order valence-electron chi connectivity index (χ3n) is 3.37. The number of carboxylic acids is 1. The Morgan fingerprint density at radius 1 is 1.09 bits per heavy atom.